The predicted molar refractivity (Wildman–Crippen MR) is 66.4 cm³/mol. The maximum absolute atomic E-state index is 11.8. The van der Waals surface area contributed by atoms with Gasteiger partial charge in [0.05, 0.1) is 6.54 Å². The zero-order valence-corrected chi connectivity index (χ0v) is 10.2. The SMILES string of the molecule is C=CCN1CCN(C(=O)CNCCC)CC1. The van der Waals surface area contributed by atoms with Crippen molar-refractivity contribution < 1.29 is 4.79 Å². The molecule has 0 unspecified atom stereocenters. The van der Waals surface area contributed by atoms with Crippen molar-refractivity contribution in [1.82, 2.24) is 15.1 Å². The minimum atomic E-state index is 0.228. The Balaban J connectivity index is 2.19. The smallest absolute Gasteiger partial charge is 0.236 e. The molecule has 1 heterocycles. The largest absolute Gasteiger partial charge is 0.339 e. The molecule has 0 aromatic heterocycles. The minimum absolute atomic E-state index is 0.228. The normalized spacial score (nSPS) is 17.4. The van der Waals surface area contributed by atoms with E-state index in [0.717, 1.165) is 45.7 Å². The van der Waals surface area contributed by atoms with Crippen LogP contribution in [0.1, 0.15) is 13.3 Å². The highest BCUT2D eigenvalue weighted by Crippen LogP contribution is 2.01. The lowest BCUT2D eigenvalue weighted by Crippen LogP contribution is -2.50. The van der Waals surface area contributed by atoms with Gasteiger partial charge in [0.25, 0.3) is 0 Å². The van der Waals surface area contributed by atoms with Crippen LogP contribution in [0, 0.1) is 0 Å². The molecule has 0 aromatic carbocycles. The highest BCUT2D eigenvalue weighted by molar-refractivity contribution is 5.78. The van der Waals surface area contributed by atoms with Crippen molar-refractivity contribution in [3.05, 3.63) is 12.7 Å². The third kappa shape index (κ3) is 4.33. The highest BCUT2D eigenvalue weighted by atomic mass is 16.2. The molecule has 0 saturated carbocycles. The van der Waals surface area contributed by atoms with E-state index in [1.165, 1.54) is 0 Å². The summed E-state index contributed by atoms with van der Waals surface area (Å²) in [6.45, 7) is 11.8. The van der Waals surface area contributed by atoms with Gasteiger partial charge in [-0.25, -0.2) is 0 Å². The number of carbonyl (C=O) groups is 1. The van der Waals surface area contributed by atoms with Crippen molar-refractivity contribution in [3.63, 3.8) is 0 Å². The van der Waals surface area contributed by atoms with Crippen LogP contribution >= 0.6 is 0 Å². The zero-order valence-electron chi connectivity index (χ0n) is 10.2. The van der Waals surface area contributed by atoms with Crippen LogP contribution in [0.2, 0.25) is 0 Å². The summed E-state index contributed by atoms with van der Waals surface area (Å²) in [6.07, 6.45) is 2.99. The van der Waals surface area contributed by atoms with E-state index in [1.807, 2.05) is 11.0 Å². The molecule has 4 nitrogen and oxygen atoms in total. The molecule has 1 saturated heterocycles. The van der Waals surface area contributed by atoms with Gasteiger partial charge in [0.15, 0.2) is 0 Å². The molecule has 4 heteroatoms. The molecular formula is C12H23N3O. The lowest BCUT2D eigenvalue weighted by molar-refractivity contribution is -0.131. The molecule has 0 spiro atoms. The van der Waals surface area contributed by atoms with Gasteiger partial charge in [-0.1, -0.05) is 13.0 Å². The van der Waals surface area contributed by atoms with Gasteiger partial charge in [-0.2, -0.15) is 0 Å². The van der Waals surface area contributed by atoms with Crippen LogP contribution in [0.15, 0.2) is 12.7 Å². The van der Waals surface area contributed by atoms with Gasteiger partial charge in [0.1, 0.15) is 0 Å². The Morgan fingerprint density at radius 1 is 1.38 bits per heavy atom. The van der Waals surface area contributed by atoms with Crippen molar-refractivity contribution in [2.45, 2.75) is 13.3 Å². The van der Waals surface area contributed by atoms with Crippen LogP contribution in [0.25, 0.3) is 0 Å². The number of hydrogen-bond acceptors (Lipinski definition) is 3. The van der Waals surface area contributed by atoms with Gasteiger partial charge < -0.3 is 10.2 Å². The third-order valence-electron chi connectivity index (χ3n) is 2.82. The van der Waals surface area contributed by atoms with Gasteiger partial charge >= 0.3 is 0 Å². The third-order valence-corrected chi connectivity index (χ3v) is 2.82. The van der Waals surface area contributed by atoms with Crippen LogP contribution in [0.5, 0.6) is 0 Å². The van der Waals surface area contributed by atoms with E-state index in [-0.39, 0.29) is 5.91 Å². The van der Waals surface area contributed by atoms with E-state index in [1.54, 1.807) is 0 Å². The first-order valence-corrected chi connectivity index (χ1v) is 6.09. The summed E-state index contributed by atoms with van der Waals surface area (Å²) in [5, 5.41) is 3.15. The first-order valence-electron chi connectivity index (χ1n) is 6.09. The van der Waals surface area contributed by atoms with Crippen LogP contribution in [-0.2, 0) is 4.79 Å². The quantitative estimate of drug-likeness (QED) is 0.522. The second-order valence-corrected chi connectivity index (χ2v) is 4.15. The van der Waals surface area contributed by atoms with Gasteiger partial charge in [0, 0.05) is 32.7 Å². The summed E-state index contributed by atoms with van der Waals surface area (Å²) in [4.78, 5) is 16.0. The fourth-order valence-corrected chi connectivity index (χ4v) is 1.85. The maximum Gasteiger partial charge on any atom is 0.236 e. The molecular weight excluding hydrogens is 202 g/mol. The Morgan fingerprint density at radius 2 is 2.06 bits per heavy atom. The second-order valence-electron chi connectivity index (χ2n) is 4.15. The lowest BCUT2D eigenvalue weighted by atomic mass is 10.3. The monoisotopic (exact) mass is 225 g/mol. The van der Waals surface area contributed by atoms with Crippen molar-refractivity contribution in [1.29, 1.82) is 0 Å². The van der Waals surface area contributed by atoms with Crippen molar-refractivity contribution >= 4 is 5.91 Å². The summed E-state index contributed by atoms with van der Waals surface area (Å²) in [6, 6.07) is 0. The summed E-state index contributed by atoms with van der Waals surface area (Å²) in [5.41, 5.74) is 0. The summed E-state index contributed by atoms with van der Waals surface area (Å²) in [7, 11) is 0. The second kappa shape index (κ2) is 7.41. The average molecular weight is 225 g/mol. The fraction of sp³-hybridized carbons (Fsp3) is 0.750. The zero-order chi connectivity index (χ0) is 11.8. The number of piperazine rings is 1. The highest BCUT2D eigenvalue weighted by Gasteiger charge is 2.19. The fourth-order valence-electron chi connectivity index (χ4n) is 1.85. The van der Waals surface area contributed by atoms with E-state index in [2.05, 4.69) is 23.7 Å². The molecule has 0 atom stereocenters. The van der Waals surface area contributed by atoms with Crippen LogP contribution in [0.3, 0.4) is 0 Å². The topological polar surface area (TPSA) is 35.6 Å². The predicted octanol–water partition coefficient (Wildman–Crippen LogP) is 0.316. The maximum atomic E-state index is 11.8. The Morgan fingerprint density at radius 3 is 2.62 bits per heavy atom. The first kappa shape index (κ1) is 13.2. The van der Waals surface area contributed by atoms with Gasteiger partial charge in [-0.05, 0) is 13.0 Å². The van der Waals surface area contributed by atoms with E-state index in [4.69, 9.17) is 0 Å². The molecule has 1 aliphatic heterocycles. The number of rotatable bonds is 6. The van der Waals surface area contributed by atoms with E-state index >= 15 is 0 Å². The Labute approximate surface area is 98.3 Å². The van der Waals surface area contributed by atoms with Gasteiger partial charge in [-0.3, -0.25) is 9.69 Å². The molecule has 1 rings (SSSR count). The Bertz CT molecular complexity index is 222. The number of nitrogens with one attached hydrogen (secondary N) is 1. The van der Waals surface area contributed by atoms with E-state index in [9.17, 15) is 4.79 Å². The standard InChI is InChI=1S/C12H23N3O/c1-3-5-13-11-12(16)15-9-7-14(6-4-2)8-10-15/h4,13H,2-3,5-11H2,1H3. The first-order chi connectivity index (χ1) is 7.77. The number of carbonyl (C=O) groups excluding carboxylic acids is 1. The van der Waals surface area contributed by atoms with Crippen LogP contribution < -0.4 is 5.32 Å². The number of hydrogen-bond donors (Lipinski definition) is 1. The summed E-state index contributed by atoms with van der Waals surface area (Å²) in [5.74, 6) is 0.228. The van der Waals surface area contributed by atoms with Crippen molar-refractivity contribution in [2.75, 3.05) is 45.8 Å². The molecule has 16 heavy (non-hydrogen) atoms. The van der Waals surface area contributed by atoms with Crippen molar-refractivity contribution in [3.8, 4) is 0 Å². The van der Waals surface area contributed by atoms with Crippen molar-refractivity contribution in [2.24, 2.45) is 0 Å². The summed E-state index contributed by atoms with van der Waals surface area (Å²) >= 11 is 0. The molecule has 1 aliphatic rings. The number of nitrogens with zero attached hydrogens (tertiary/aromatic N) is 2. The molecule has 92 valence electrons. The van der Waals surface area contributed by atoms with Crippen LogP contribution in [0.4, 0.5) is 0 Å². The Kier molecular flexibility index (Phi) is 6.11. The van der Waals surface area contributed by atoms with Gasteiger partial charge in [0.2, 0.25) is 5.91 Å². The molecule has 0 aliphatic carbocycles. The van der Waals surface area contributed by atoms with E-state index in [0.29, 0.717) is 6.54 Å². The average Bonchev–Trinajstić information content (AvgIpc) is 2.30. The molecule has 1 fully saturated rings. The minimum Gasteiger partial charge on any atom is -0.339 e. The number of amides is 1. The van der Waals surface area contributed by atoms with E-state index < -0.39 is 0 Å². The molecule has 0 aromatic rings. The van der Waals surface area contributed by atoms with Gasteiger partial charge in [-0.15, -0.1) is 6.58 Å². The summed E-state index contributed by atoms with van der Waals surface area (Å²) < 4.78 is 0. The molecule has 0 bridgehead atoms. The molecule has 0 radical (unpaired) electrons. The van der Waals surface area contributed by atoms with Crippen LogP contribution in [-0.4, -0.2) is 61.5 Å². The molecule has 1 amide bonds. The molecule has 1 N–H and O–H groups in total. The Hall–Kier alpha value is -0.870. The lowest BCUT2D eigenvalue weighted by Gasteiger charge is -2.34.